The van der Waals surface area contributed by atoms with Crippen LogP contribution in [-0.2, 0) is 6.42 Å². The first kappa shape index (κ1) is 19.6. The average Bonchev–Trinajstić information content (AvgIpc) is 3.11. The van der Waals surface area contributed by atoms with Crippen molar-refractivity contribution in [2.75, 3.05) is 0 Å². The van der Waals surface area contributed by atoms with Crippen LogP contribution in [0.1, 0.15) is 56.2 Å². The zero-order valence-electron chi connectivity index (χ0n) is 16.8. The minimum Gasteiger partial charge on any atom is -0.453 e. The lowest BCUT2D eigenvalue weighted by Crippen LogP contribution is -2.22. The summed E-state index contributed by atoms with van der Waals surface area (Å²) in [4.78, 5) is 28.8. The van der Waals surface area contributed by atoms with E-state index in [1.807, 2.05) is 19.1 Å². The number of ether oxygens (including phenoxy) is 1. The second-order valence-electron chi connectivity index (χ2n) is 7.15. The van der Waals surface area contributed by atoms with Crippen molar-refractivity contribution in [3.05, 3.63) is 82.6 Å². The van der Waals surface area contributed by atoms with E-state index >= 15 is 0 Å². The van der Waals surface area contributed by atoms with Crippen LogP contribution in [0, 0.1) is 13.8 Å². The molecular formula is C23H21N3O4. The number of hydrogen-bond donors (Lipinski definition) is 1. The number of benzene rings is 1. The molecule has 1 amide bonds. The van der Waals surface area contributed by atoms with Crippen molar-refractivity contribution in [2.24, 2.45) is 5.10 Å². The van der Waals surface area contributed by atoms with Gasteiger partial charge in [0.1, 0.15) is 11.5 Å². The zero-order chi connectivity index (χ0) is 21.1. The molecule has 0 bridgehead atoms. The Morgan fingerprint density at radius 3 is 2.53 bits per heavy atom. The maximum Gasteiger partial charge on any atom is 0.379 e. The van der Waals surface area contributed by atoms with Gasteiger partial charge in [0.05, 0.1) is 5.71 Å². The number of aryl methyl sites for hydroxylation is 2. The fourth-order valence-electron chi connectivity index (χ4n) is 3.42. The van der Waals surface area contributed by atoms with Gasteiger partial charge in [-0.15, -0.1) is 0 Å². The first-order valence-corrected chi connectivity index (χ1v) is 9.71. The molecule has 0 fully saturated rings. The molecule has 0 unspecified atom stereocenters. The fourth-order valence-corrected chi connectivity index (χ4v) is 3.42. The van der Waals surface area contributed by atoms with Crippen LogP contribution in [0.5, 0.6) is 5.75 Å². The van der Waals surface area contributed by atoms with Gasteiger partial charge in [0, 0.05) is 35.5 Å². The lowest BCUT2D eigenvalue weighted by molar-refractivity contribution is 0.0698. The average molecular weight is 403 g/mol. The summed E-state index contributed by atoms with van der Waals surface area (Å²) >= 11 is 0. The van der Waals surface area contributed by atoms with Crippen molar-refractivity contribution >= 4 is 17.6 Å². The third-order valence-electron chi connectivity index (χ3n) is 4.98. The van der Waals surface area contributed by atoms with Crippen molar-refractivity contribution in [1.82, 2.24) is 10.4 Å². The Kier molecular flexibility index (Phi) is 5.43. The number of carbonyl (C=O) groups is 2. The number of nitrogens with one attached hydrogen (secondary N) is 1. The molecule has 2 aromatic heterocycles. The third kappa shape index (κ3) is 4.00. The lowest BCUT2D eigenvalue weighted by Gasteiger charge is -2.13. The molecular weight excluding hydrogens is 382 g/mol. The summed E-state index contributed by atoms with van der Waals surface area (Å²) in [6, 6.07) is 10.5. The van der Waals surface area contributed by atoms with Crippen molar-refractivity contribution < 1.29 is 18.7 Å². The van der Waals surface area contributed by atoms with Gasteiger partial charge in [-0.25, -0.2) is 10.2 Å². The maximum atomic E-state index is 12.7. The minimum atomic E-state index is -0.550. The molecule has 0 spiro atoms. The van der Waals surface area contributed by atoms with Gasteiger partial charge in [0.15, 0.2) is 0 Å². The van der Waals surface area contributed by atoms with Gasteiger partial charge in [0.25, 0.3) is 5.91 Å². The Balaban J connectivity index is 1.56. The van der Waals surface area contributed by atoms with E-state index in [0.717, 1.165) is 17.5 Å². The largest absolute Gasteiger partial charge is 0.453 e. The van der Waals surface area contributed by atoms with Crippen LogP contribution in [0.25, 0.3) is 0 Å². The van der Waals surface area contributed by atoms with Gasteiger partial charge in [-0.1, -0.05) is 17.7 Å². The molecule has 7 heteroatoms. The van der Waals surface area contributed by atoms with Gasteiger partial charge in [-0.05, 0) is 51.0 Å². The Morgan fingerprint density at radius 1 is 1.07 bits per heavy atom. The number of hydrogen-bond acceptors (Lipinski definition) is 6. The number of hydrazone groups is 1. The Morgan fingerprint density at radius 2 is 1.80 bits per heavy atom. The molecule has 7 nitrogen and oxygen atoms in total. The van der Waals surface area contributed by atoms with E-state index in [2.05, 4.69) is 15.5 Å². The number of furan rings is 1. The quantitative estimate of drug-likeness (QED) is 0.404. The minimum absolute atomic E-state index is 0.163. The monoisotopic (exact) mass is 403 g/mol. The van der Waals surface area contributed by atoms with E-state index in [9.17, 15) is 9.59 Å². The molecule has 0 saturated carbocycles. The highest BCUT2D eigenvalue weighted by molar-refractivity contribution is 6.06. The van der Waals surface area contributed by atoms with E-state index in [1.165, 1.54) is 0 Å². The number of esters is 1. The summed E-state index contributed by atoms with van der Waals surface area (Å²) in [5.41, 5.74) is 6.26. The Bertz CT molecular complexity index is 1120. The predicted octanol–water partition coefficient (Wildman–Crippen LogP) is 3.98. The molecule has 0 radical (unpaired) electrons. The van der Waals surface area contributed by atoms with Crippen molar-refractivity contribution in [3.63, 3.8) is 0 Å². The standard InChI is InChI=1S/C23H21N3O4/c1-14-6-8-17(9-7-14)29-23(28)21-15(2)20-18(4-3-5-19(20)30-21)25-26-22(27)16-10-12-24-13-11-16/h6-13H,3-5H2,1-2H3,(H,26,27)/b25-18+. The summed E-state index contributed by atoms with van der Waals surface area (Å²) in [6.45, 7) is 3.77. The molecule has 30 heavy (non-hydrogen) atoms. The smallest absolute Gasteiger partial charge is 0.379 e. The number of carbonyl (C=O) groups excluding carboxylic acids is 2. The van der Waals surface area contributed by atoms with Crippen LogP contribution in [-0.4, -0.2) is 22.6 Å². The van der Waals surface area contributed by atoms with Crippen molar-refractivity contribution in [3.8, 4) is 5.75 Å². The van der Waals surface area contributed by atoms with Crippen LogP contribution in [0.3, 0.4) is 0 Å². The van der Waals surface area contributed by atoms with Gasteiger partial charge < -0.3 is 9.15 Å². The van der Waals surface area contributed by atoms with E-state index < -0.39 is 5.97 Å². The van der Waals surface area contributed by atoms with E-state index in [-0.39, 0.29) is 11.7 Å². The van der Waals surface area contributed by atoms with Gasteiger partial charge in [0.2, 0.25) is 5.76 Å². The molecule has 1 aromatic carbocycles. The summed E-state index contributed by atoms with van der Waals surface area (Å²) < 4.78 is 11.3. The molecule has 1 N–H and O–H groups in total. The fraction of sp³-hybridized carbons (Fsp3) is 0.217. The summed E-state index contributed by atoms with van der Waals surface area (Å²) in [5, 5.41) is 4.31. The molecule has 0 atom stereocenters. The van der Waals surface area contributed by atoms with E-state index in [0.29, 0.717) is 41.2 Å². The molecule has 3 aromatic rings. The van der Waals surface area contributed by atoms with Gasteiger partial charge in [-0.2, -0.15) is 5.10 Å². The summed E-state index contributed by atoms with van der Waals surface area (Å²) in [6.07, 6.45) is 5.29. The Hall–Kier alpha value is -3.74. The second-order valence-corrected chi connectivity index (χ2v) is 7.15. The highest BCUT2D eigenvalue weighted by Gasteiger charge is 2.29. The van der Waals surface area contributed by atoms with Crippen LogP contribution in [0.15, 0.2) is 58.3 Å². The lowest BCUT2D eigenvalue weighted by atomic mass is 9.93. The van der Waals surface area contributed by atoms with E-state index in [4.69, 9.17) is 9.15 Å². The predicted molar refractivity (Wildman–Crippen MR) is 111 cm³/mol. The van der Waals surface area contributed by atoms with Crippen LogP contribution in [0.2, 0.25) is 0 Å². The van der Waals surface area contributed by atoms with E-state index in [1.54, 1.807) is 43.6 Å². The normalized spacial score (nSPS) is 14.3. The molecule has 0 saturated heterocycles. The van der Waals surface area contributed by atoms with Crippen LogP contribution >= 0.6 is 0 Å². The molecule has 152 valence electrons. The third-order valence-corrected chi connectivity index (χ3v) is 4.98. The summed E-state index contributed by atoms with van der Waals surface area (Å²) in [5.74, 6) is 0.433. The highest BCUT2D eigenvalue weighted by atomic mass is 16.5. The summed E-state index contributed by atoms with van der Waals surface area (Å²) in [7, 11) is 0. The number of pyridine rings is 1. The van der Waals surface area contributed by atoms with Gasteiger partial charge >= 0.3 is 5.97 Å². The first-order chi connectivity index (χ1) is 14.5. The van der Waals surface area contributed by atoms with Gasteiger partial charge in [-0.3, -0.25) is 9.78 Å². The van der Waals surface area contributed by atoms with Crippen LogP contribution in [0.4, 0.5) is 0 Å². The number of fused-ring (bicyclic) bond motifs is 1. The second kappa shape index (κ2) is 8.32. The molecule has 4 rings (SSSR count). The van der Waals surface area contributed by atoms with Crippen molar-refractivity contribution in [1.29, 1.82) is 0 Å². The maximum absolute atomic E-state index is 12.7. The molecule has 1 aliphatic rings. The first-order valence-electron chi connectivity index (χ1n) is 9.71. The van der Waals surface area contributed by atoms with Crippen LogP contribution < -0.4 is 10.2 Å². The SMILES string of the molecule is Cc1ccc(OC(=O)c2oc3c(c2C)/C(=N/NC(=O)c2ccncc2)CCC3)cc1. The number of nitrogens with zero attached hydrogens (tertiary/aromatic N) is 2. The number of aromatic nitrogens is 1. The molecule has 0 aliphatic heterocycles. The number of rotatable bonds is 4. The Labute approximate surface area is 173 Å². The molecule has 2 heterocycles. The van der Waals surface area contributed by atoms with Crippen molar-refractivity contribution in [2.45, 2.75) is 33.1 Å². The number of amides is 1. The highest BCUT2D eigenvalue weighted by Crippen LogP contribution is 2.30. The molecule has 1 aliphatic carbocycles. The zero-order valence-corrected chi connectivity index (χ0v) is 16.8. The topological polar surface area (TPSA) is 93.8 Å².